The van der Waals surface area contributed by atoms with Crippen LogP contribution in [-0.2, 0) is 0 Å². The minimum atomic E-state index is -0.362. The van der Waals surface area contributed by atoms with Crippen molar-refractivity contribution in [1.29, 1.82) is 0 Å². The van der Waals surface area contributed by atoms with Crippen LogP contribution in [0.5, 0.6) is 0 Å². The van der Waals surface area contributed by atoms with Crippen LogP contribution in [-0.4, -0.2) is 14.9 Å². The summed E-state index contributed by atoms with van der Waals surface area (Å²) in [5.41, 5.74) is 3.22. The lowest BCUT2D eigenvalue weighted by Crippen LogP contribution is -1.98. The van der Waals surface area contributed by atoms with Crippen LogP contribution in [0.4, 0.5) is 0 Å². The van der Waals surface area contributed by atoms with E-state index in [-0.39, 0.29) is 6.10 Å². The number of rotatable bonds is 4. The van der Waals surface area contributed by atoms with E-state index < -0.39 is 0 Å². The topological polar surface area (TPSA) is 38.0 Å². The molecule has 1 aliphatic rings. The summed E-state index contributed by atoms with van der Waals surface area (Å²) in [5.74, 6) is 0.687. The molecule has 1 aliphatic carbocycles. The summed E-state index contributed by atoms with van der Waals surface area (Å²) in [7, 11) is 0. The number of aliphatic hydroxyl groups is 1. The van der Waals surface area contributed by atoms with E-state index in [0.29, 0.717) is 5.92 Å². The maximum absolute atomic E-state index is 9.75. The summed E-state index contributed by atoms with van der Waals surface area (Å²) in [6.07, 6.45) is 4.95. The molecule has 0 spiro atoms. The summed E-state index contributed by atoms with van der Waals surface area (Å²) in [6, 6.07) is 10.1. The Bertz CT molecular complexity index is 526. The van der Waals surface area contributed by atoms with Gasteiger partial charge in [0.1, 0.15) is 0 Å². The van der Waals surface area contributed by atoms with Gasteiger partial charge in [-0.1, -0.05) is 19.1 Å². The van der Waals surface area contributed by atoms with Gasteiger partial charge in [-0.25, -0.2) is 4.68 Å². The molecule has 0 radical (unpaired) electrons. The van der Waals surface area contributed by atoms with Gasteiger partial charge in [0.2, 0.25) is 0 Å². The average molecular weight is 242 g/mol. The highest BCUT2D eigenvalue weighted by Gasteiger charge is 2.25. The van der Waals surface area contributed by atoms with Gasteiger partial charge < -0.3 is 5.11 Å². The number of nitrogens with zero attached hydrogens (tertiary/aromatic N) is 2. The Morgan fingerprint density at radius 3 is 2.61 bits per heavy atom. The monoisotopic (exact) mass is 242 g/mol. The first-order valence-electron chi connectivity index (χ1n) is 6.62. The van der Waals surface area contributed by atoms with Gasteiger partial charge in [0, 0.05) is 12.1 Å². The van der Waals surface area contributed by atoms with Gasteiger partial charge in [-0.15, -0.1) is 0 Å². The molecule has 18 heavy (non-hydrogen) atoms. The van der Waals surface area contributed by atoms with E-state index >= 15 is 0 Å². The number of aliphatic hydroxyl groups excluding tert-OH is 1. The third-order valence-corrected chi connectivity index (χ3v) is 3.53. The third kappa shape index (κ3) is 2.18. The van der Waals surface area contributed by atoms with Crippen molar-refractivity contribution >= 4 is 0 Å². The van der Waals surface area contributed by atoms with Gasteiger partial charge in [-0.3, -0.25) is 0 Å². The lowest BCUT2D eigenvalue weighted by molar-refractivity contribution is 0.173. The molecule has 94 valence electrons. The van der Waals surface area contributed by atoms with Gasteiger partial charge >= 0.3 is 0 Å². The molecular weight excluding hydrogens is 224 g/mol. The lowest BCUT2D eigenvalue weighted by atomic mass is 10.1. The van der Waals surface area contributed by atoms with Crippen LogP contribution < -0.4 is 0 Å². The van der Waals surface area contributed by atoms with Crippen LogP contribution in [0.2, 0.25) is 0 Å². The molecule has 0 amide bonds. The average Bonchev–Trinajstić information content (AvgIpc) is 3.16. The van der Waals surface area contributed by atoms with Crippen LogP contribution in [0.25, 0.3) is 5.69 Å². The maximum Gasteiger partial charge on any atom is 0.0787 e. The Kier molecular flexibility index (Phi) is 2.92. The van der Waals surface area contributed by atoms with Crippen LogP contribution in [0.1, 0.15) is 49.5 Å². The fourth-order valence-corrected chi connectivity index (χ4v) is 2.16. The van der Waals surface area contributed by atoms with E-state index in [2.05, 4.69) is 11.2 Å². The molecule has 0 bridgehead atoms. The minimum absolute atomic E-state index is 0.362. The molecule has 1 aromatic carbocycles. The van der Waals surface area contributed by atoms with E-state index in [1.807, 2.05) is 42.1 Å². The zero-order valence-electron chi connectivity index (χ0n) is 10.6. The number of aromatic nitrogens is 2. The highest BCUT2D eigenvalue weighted by molar-refractivity contribution is 5.35. The number of hydrogen-bond donors (Lipinski definition) is 1. The molecule has 1 unspecified atom stereocenters. The van der Waals surface area contributed by atoms with E-state index in [1.54, 1.807) is 0 Å². The standard InChI is InChI=1S/C15H18N2O/c1-2-15(18)12-5-7-13(8-6-12)17-10-9-14(16-17)11-3-4-11/h5-11,15,18H,2-4H2,1H3. The second-order valence-corrected chi connectivity index (χ2v) is 4.98. The fourth-order valence-electron chi connectivity index (χ4n) is 2.16. The van der Waals surface area contributed by atoms with E-state index in [0.717, 1.165) is 17.7 Å². The molecule has 3 nitrogen and oxygen atoms in total. The maximum atomic E-state index is 9.75. The summed E-state index contributed by atoms with van der Waals surface area (Å²) in [6.45, 7) is 1.98. The SMILES string of the molecule is CCC(O)c1ccc(-n2ccc(C3CC3)n2)cc1. The van der Waals surface area contributed by atoms with Crippen molar-refractivity contribution in [3.8, 4) is 5.69 Å². The number of hydrogen-bond acceptors (Lipinski definition) is 2. The van der Waals surface area contributed by atoms with Gasteiger partial charge in [-0.05, 0) is 43.0 Å². The van der Waals surface area contributed by atoms with Crippen LogP contribution in [0, 0.1) is 0 Å². The normalized spacial score (nSPS) is 16.8. The molecule has 3 heteroatoms. The number of benzene rings is 1. The van der Waals surface area contributed by atoms with Crippen molar-refractivity contribution < 1.29 is 5.11 Å². The third-order valence-electron chi connectivity index (χ3n) is 3.53. The zero-order chi connectivity index (χ0) is 12.5. The van der Waals surface area contributed by atoms with E-state index in [1.165, 1.54) is 18.5 Å². The molecule has 1 saturated carbocycles. The lowest BCUT2D eigenvalue weighted by Gasteiger charge is -2.09. The summed E-state index contributed by atoms with van der Waals surface area (Å²) in [4.78, 5) is 0. The first kappa shape index (κ1) is 11.5. The zero-order valence-corrected chi connectivity index (χ0v) is 10.6. The Morgan fingerprint density at radius 2 is 2.00 bits per heavy atom. The molecule has 1 heterocycles. The highest BCUT2D eigenvalue weighted by atomic mass is 16.3. The molecular formula is C15H18N2O. The molecule has 0 saturated heterocycles. The summed E-state index contributed by atoms with van der Waals surface area (Å²) in [5, 5.41) is 14.3. The molecule has 0 aliphatic heterocycles. The highest BCUT2D eigenvalue weighted by Crippen LogP contribution is 2.39. The molecule has 1 fully saturated rings. The van der Waals surface area contributed by atoms with Crippen LogP contribution in [0.15, 0.2) is 36.5 Å². The second-order valence-electron chi connectivity index (χ2n) is 4.98. The van der Waals surface area contributed by atoms with Crippen molar-refractivity contribution in [2.75, 3.05) is 0 Å². The molecule has 1 atom stereocenters. The van der Waals surface area contributed by atoms with Gasteiger partial charge in [-0.2, -0.15) is 5.10 Å². The second kappa shape index (κ2) is 4.58. The first-order valence-corrected chi connectivity index (χ1v) is 6.62. The van der Waals surface area contributed by atoms with Gasteiger partial charge in [0.25, 0.3) is 0 Å². The molecule has 1 N–H and O–H groups in total. The Balaban J connectivity index is 1.82. The Hall–Kier alpha value is -1.61. The minimum Gasteiger partial charge on any atom is -0.388 e. The first-order chi connectivity index (χ1) is 8.78. The van der Waals surface area contributed by atoms with E-state index in [9.17, 15) is 5.11 Å². The van der Waals surface area contributed by atoms with Gasteiger partial charge in [0.15, 0.2) is 0 Å². The summed E-state index contributed by atoms with van der Waals surface area (Å²) < 4.78 is 1.91. The van der Waals surface area contributed by atoms with Crippen molar-refractivity contribution in [2.24, 2.45) is 0 Å². The van der Waals surface area contributed by atoms with Crippen LogP contribution >= 0.6 is 0 Å². The molecule has 2 aromatic rings. The Morgan fingerprint density at radius 1 is 1.28 bits per heavy atom. The molecule has 1 aromatic heterocycles. The van der Waals surface area contributed by atoms with Crippen molar-refractivity contribution in [3.63, 3.8) is 0 Å². The predicted molar refractivity (Wildman–Crippen MR) is 70.8 cm³/mol. The smallest absolute Gasteiger partial charge is 0.0787 e. The largest absolute Gasteiger partial charge is 0.388 e. The predicted octanol–water partition coefficient (Wildman–Crippen LogP) is 3.19. The van der Waals surface area contributed by atoms with Crippen molar-refractivity contribution in [1.82, 2.24) is 9.78 Å². The molecule has 3 rings (SSSR count). The van der Waals surface area contributed by atoms with Crippen LogP contribution in [0.3, 0.4) is 0 Å². The van der Waals surface area contributed by atoms with Crippen molar-refractivity contribution in [2.45, 2.75) is 38.2 Å². The van der Waals surface area contributed by atoms with Crippen molar-refractivity contribution in [3.05, 3.63) is 47.8 Å². The van der Waals surface area contributed by atoms with E-state index in [4.69, 9.17) is 0 Å². The van der Waals surface area contributed by atoms with Gasteiger partial charge in [0.05, 0.1) is 17.5 Å². The fraction of sp³-hybridized carbons (Fsp3) is 0.400. The quantitative estimate of drug-likeness (QED) is 0.894. The Labute approximate surface area is 107 Å². The summed E-state index contributed by atoms with van der Waals surface area (Å²) >= 11 is 0.